The van der Waals surface area contributed by atoms with Gasteiger partial charge in [-0.05, 0) is 24.1 Å². The number of thioether (sulfide) groups is 1. The second-order valence-corrected chi connectivity index (χ2v) is 7.82. The van der Waals surface area contributed by atoms with Crippen molar-refractivity contribution >= 4 is 40.9 Å². The second kappa shape index (κ2) is 7.81. The Labute approximate surface area is 157 Å². The molecule has 2 aromatic carbocycles. The van der Waals surface area contributed by atoms with Gasteiger partial charge in [-0.15, -0.1) is 11.8 Å². The van der Waals surface area contributed by atoms with Crippen LogP contribution in [-0.4, -0.2) is 23.1 Å². The van der Waals surface area contributed by atoms with Crippen molar-refractivity contribution in [2.75, 3.05) is 12.3 Å². The maximum absolute atomic E-state index is 13.2. The van der Waals surface area contributed by atoms with Crippen molar-refractivity contribution in [3.8, 4) is 0 Å². The molecule has 0 aromatic heterocycles. The number of carbonyl (C=O) groups excluding carboxylic acids is 1. The fraction of sp³-hybridized carbons (Fsp3) is 0.316. The van der Waals surface area contributed by atoms with Gasteiger partial charge >= 0.3 is 0 Å². The van der Waals surface area contributed by atoms with Crippen LogP contribution in [-0.2, 0) is 4.79 Å². The maximum atomic E-state index is 13.2. The van der Waals surface area contributed by atoms with Crippen LogP contribution in [0, 0.1) is 0 Å². The summed E-state index contributed by atoms with van der Waals surface area (Å²) in [4.78, 5) is 15.1. The van der Waals surface area contributed by atoms with Crippen LogP contribution in [0.4, 0.5) is 0 Å². The summed E-state index contributed by atoms with van der Waals surface area (Å²) in [7, 11) is 0. The van der Waals surface area contributed by atoms with Crippen LogP contribution in [0.3, 0.4) is 0 Å². The zero-order chi connectivity index (χ0) is 17.1. The minimum atomic E-state index is -0.113. The summed E-state index contributed by atoms with van der Waals surface area (Å²) in [5.41, 5.74) is 2.03. The van der Waals surface area contributed by atoms with Gasteiger partial charge in [0.25, 0.3) is 0 Å². The molecule has 1 fully saturated rings. The van der Waals surface area contributed by atoms with Gasteiger partial charge in [-0.2, -0.15) is 0 Å². The molecule has 2 aromatic rings. The van der Waals surface area contributed by atoms with E-state index in [0.717, 1.165) is 29.8 Å². The molecule has 126 valence electrons. The minimum Gasteiger partial charge on any atom is -0.325 e. The Morgan fingerprint density at radius 3 is 2.67 bits per heavy atom. The second-order valence-electron chi connectivity index (χ2n) is 5.79. The highest BCUT2D eigenvalue weighted by atomic mass is 35.5. The number of carbonyl (C=O) groups is 1. The summed E-state index contributed by atoms with van der Waals surface area (Å²) in [5.74, 6) is 0.976. The van der Waals surface area contributed by atoms with Gasteiger partial charge in [-0.25, -0.2) is 0 Å². The third kappa shape index (κ3) is 3.58. The first-order valence-corrected chi connectivity index (χ1v) is 9.84. The van der Waals surface area contributed by atoms with Gasteiger partial charge in [0, 0.05) is 27.9 Å². The molecule has 1 heterocycles. The fourth-order valence-corrected chi connectivity index (χ4v) is 4.97. The third-order valence-corrected chi connectivity index (χ3v) is 6.12. The molecule has 0 radical (unpaired) electrons. The number of benzene rings is 2. The van der Waals surface area contributed by atoms with E-state index < -0.39 is 0 Å². The lowest BCUT2D eigenvalue weighted by Gasteiger charge is -2.28. The van der Waals surface area contributed by atoms with Crippen molar-refractivity contribution in [3.63, 3.8) is 0 Å². The summed E-state index contributed by atoms with van der Waals surface area (Å²) in [6.07, 6.45) is 0.783. The smallest absolute Gasteiger partial charge is 0.231 e. The Balaban J connectivity index is 1.88. The molecule has 0 aliphatic carbocycles. The Hall–Kier alpha value is -1.16. The average molecular weight is 380 g/mol. The van der Waals surface area contributed by atoms with Crippen LogP contribution < -0.4 is 0 Å². The van der Waals surface area contributed by atoms with Gasteiger partial charge in [0.1, 0.15) is 5.37 Å². The molecule has 24 heavy (non-hydrogen) atoms. The SMILES string of the molecule is CCC(C(=O)N1CCSC1c1ccc(Cl)cc1Cl)c1ccccc1. The Morgan fingerprint density at radius 2 is 2.00 bits per heavy atom. The normalized spacial score (nSPS) is 18.6. The first kappa shape index (κ1) is 17.7. The molecule has 2 atom stereocenters. The molecule has 1 amide bonds. The van der Waals surface area contributed by atoms with Crippen molar-refractivity contribution < 1.29 is 4.79 Å². The third-order valence-electron chi connectivity index (χ3n) is 4.31. The number of nitrogens with zero attached hydrogens (tertiary/aromatic N) is 1. The van der Waals surface area contributed by atoms with E-state index in [1.165, 1.54) is 0 Å². The average Bonchev–Trinajstić information content (AvgIpc) is 3.06. The lowest BCUT2D eigenvalue weighted by atomic mass is 9.95. The Bertz CT molecular complexity index is 723. The summed E-state index contributed by atoms with van der Waals surface area (Å²) < 4.78 is 0. The summed E-state index contributed by atoms with van der Waals surface area (Å²) in [6.45, 7) is 2.81. The van der Waals surface area contributed by atoms with Crippen LogP contribution in [0.5, 0.6) is 0 Å². The molecule has 1 aliphatic heterocycles. The van der Waals surface area contributed by atoms with Crippen molar-refractivity contribution in [1.29, 1.82) is 0 Å². The topological polar surface area (TPSA) is 20.3 Å². The van der Waals surface area contributed by atoms with Gasteiger partial charge in [0.05, 0.1) is 5.92 Å². The lowest BCUT2D eigenvalue weighted by Crippen LogP contribution is -2.34. The van der Waals surface area contributed by atoms with Crippen molar-refractivity contribution in [2.45, 2.75) is 24.6 Å². The monoisotopic (exact) mass is 379 g/mol. The van der Waals surface area contributed by atoms with E-state index in [0.29, 0.717) is 10.0 Å². The summed E-state index contributed by atoms with van der Waals surface area (Å²) in [6, 6.07) is 15.5. The van der Waals surface area contributed by atoms with E-state index in [2.05, 4.69) is 6.92 Å². The zero-order valence-corrected chi connectivity index (χ0v) is 15.7. The molecule has 0 bridgehead atoms. The number of amides is 1. The van der Waals surface area contributed by atoms with E-state index in [4.69, 9.17) is 23.2 Å². The lowest BCUT2D eigenvalue weighted by molar-refractivity contribution is -0.133. The first-order chi connectivity index (χ1) is 11.6. The highest BCUT2D eigenvalue weighted by Gasteiger charge is 2.35. The number of rotatable bonds is 4. The molecule has 3 rings (SSSR count). The standard InChI is InChI=1S/C19H19Cl2NOS/c1-2-15(13-6-4-3-5-7-13)18(23)22-10-11-24-19(22)16-9-8-14(20)12-17(16)21/h3-9,12,15,19H,2,10-11H2,1H3. The molecule has 5 heteroatoms. The highest BCUT2D eigenvalue weighted by molar-refractivity contribution is 7.99. The van der Waals surface area contributed by atoms with Gasteiger partial charge < -0.3 is 4.90 Å². The van der Waals surface area contributed by atoms with Gasteiger partial charge in [0.2, 0.25) is 5.91 Å². The van der Waals surface area contributed by atoms with Crippen molar-refractivity contribution in [2.24, 2.45) is 0 Å². The van der Waals surface area contributed by atoms with Crippen molar-refractivity contribution in [3.05, 3.63) is 69.7 Å². The largest absolute Gasteiger partial charge is 0.325 e. The molecule has 0 saturated carbocycles. The Kier molecular flexibility index (Phi) is 5.75. The van der Waals surface area contributed by atoms with E-state index in [9.17, 15) is 4.79 Å². The van der Waals surface area contributed by atoms with Crippen molar-refractivity contribution in [1.82, 2.24) is 4.90 Å². The quantitative estimate of drug-likeness (QED) is 0.672. The molecule has 0 spiro atoms. The molecule has 0 N–H and O–H groups in total. The van der Waals surface area contributed by atoms with E-state index >= 15 is 0 Å². The van der Waals surface area contributed by atoms with Gasteiger partial charge in [0.15, 0.2) is 0 Å². The predicted octanol–water partition coefficient (Wildman–Crippen LogP) is 5.76. The first-order valence-electron chi connectivity index (χ1n) is 8.03. The van der Waals surface area contributed by atoms with Gasteiger partial charge in [-0.3, -0.25) is 4.79 Å². The van der Waals surface area contributed by atoms with E-state index in [1.807, 2.05) is 47.4 Å². The number of hydrogen-bond acceptors (Lipinski definition) is 2. The van der Waals surface area contributed by atoms with E-state index in [-0.39, 0.29) is 17.2 Å². The maximum Gasteiger partial charge on any atom is 0.231 e. The van der Waals surface area contributed by atoms with Gasteiger partial charge in [-0.1, -0.05) is 66.5 Å². The van der Waals surface area contributed by atoms with E-state index in [1.54, 1.807) is 17.8 Å². The van der Waals surface area contributed by atoms with Crippen LogP contribution >= 0.6 is 35.0 Å². The highest BCUT2D eigenvalue weighted by Crippen LogP contribution is 2.43. The Morgan fingerprint density at radius 1 is 1.25 bits per heavy atom. The summed E-state index contributed by atoms with van der Waals surface area (Å²) in [5, 5.41) is 1.19. The van der Waals surface area contributed by atoms with Crippen LogP contribution in [0.1, 0.15) is 35.8 Å². The molecular formula is C19H19Cl2NOS. The predicted molar refractivity (Wildman–Crippen MR) is 103 cm³/mol. The molecule has 1 saturated heterocycles. The van der Waals surface area contributed by atoms with Crippen LogP contribution in [0.2, 0.25) is 10.0 Å². The number of hydrogen-bond donors (Lipinski definition) is 0. The molecule has 2 unspecified atom stereocenters. The molecule has 1 aliphatic rings. The van der Waals surface area contributed by atoms with Crippen LogP contribution in [0.25, 0.3) is 0 Å². The molecular weight excluding hydrogens is 361 g/mol. The van der Waals surface area contributed by atoms with Crippen LogP contribution in [0.15, 0.2) is 48.5 Å². The summed E-state index contributed by atoms with van der Waals surface area (Å²) >= 11 is 14.1. The zero-order valence-electron chi connectivity index (χ0n) is 13.4. The fourth-order valence-electron chi connectivity index (χ4n) is 3.09. The minimum absolute atomic E-state index is 0.0416. The molecule has 2 nitrogen and oxygen atoms in total. The number of halogens is 2.